The predicted octanol–water partition coefficient (Wildman–Crippen LogP) is -3.14. The van der Waals surface area contributed by atoms with Crippen molar-refractivity contribution in [2.75, 3.05) is 6.54 Å². The molecule has 0 saturated carbocycles. The van der Waals surface area contributed by atoms with Crippen LogP contribution in [-0.2, 0) is 65.6 Å². The van der Waals surface area contributed by atoms with Crippen molar-refractivity contribution in [3.05, 3.63) is 59.7 Å². The first-order chi connectivity index (χ1) is 33.6. The van der Waals surface area contributed by atoms with Crippen LogP contribution in [0.4, 0.5) is 0 Å². The molecule has 0 radical (unpaired) electrons. The van der Waals surface area contributed by atoms with Crippen LogP contribution in [0.15, 0.2) is 48.5 Å². The Balaban J connectivity index is 2.31. The van der Waals surface area contributed by atoms with Gasteiger partial charge in [0.2, 0.25) is 47.3 Å². The molecule has 0 fully saturated rings. The van der Waals surface area contributed by atoms with E-state index >= 15 is 0 Å². The first-order valence-corrected chi connectivity index (χ1v) is 22.6. The Hall–Kier alpha value is -7.87. The summed E-state index contributed by atoms with van der Waals surface area (Å²) in [7, 11) is 0. The summed E-state index contributed by atoms with van der Waals surface area (Å²) in [5.74, 6) is -13.4. The van der Waals surface area contributed by atoms with Crippen molar-refractivity contribution in [3.63, 3.8) is 0 Å². The average molecular weight is 1020 g/mol. The molecule has 2 rings (SSSR count). The second-order valence-corrected chi connectivity index (χ2v) is 17.6. The Morgan fingerprint density at radius 3 is 1.39 bits per heavy atom. The second-order valence-electron chi connectivity index (χ2n) is 17.6. The number of hydrogen-bond donors (Lipinski definition) is 15. The van der Waals surface area contributed by atoms with E-state index < -0.39 is 157 Å². The molecule has 8 amide bonds. The number of carbonyl (C=O) groups excluding carboxylic acids is 8. The number of aliphatic carboxylic acids is 3. The lowest BCUT2D eigenvalue weighted by Crippen LogP contribution is -2.60. The fraction of sp³-hybridized carbons (Fsp3) is 0.500. The average Bonchev–Trinajstić information content (AvgIpc) is 3.29. The van der Waals surface area contributed by atoms with E-state index in [1.54, 1.807) is 27.7 Å². The molecular weight excluding hydrogens is 951 g/mol. The SMILES string of the molecule is CC(C)[C@H](NC(=O)CNC(=O)[C@H](Cc1ccc(O)cc1)NC(=O)[C@H](Cc1ccc(O)cc1)NC(=O)[C@@H](NC(=O)[C@@H](N)CC(=O)O)C(C)C)C(=O)N[C@@H](C)C(=O)N[C@@H](CCC(=O)O)C(=O)N[C@H](C(=O)O)[C@@H](C)O. The lowest BCUT2D eigenvalue weighted by atomic mass is 9.99. The first-order valence-electron chi connectivity index (χ1n) is 22.6. The van der Waals surface area contributed by atoms with E-state index in [0.717, 1.165) is 6.92 Å². The molecule has 72 heavy (non-hydrogen) atoms. The number of aliphatic hydroxyl groups excluding tert-OH is 1. The van der Waals surface area contributed by atoms with Gasteiger partial charge < -0.3 is 78.9 Å². The number of nitrogens with one attached hydrogen (secondary N) is 8. The highest BCUT2D eigenvalue weighted by Gasteiger charge is 2.35. The number of carbonyl (C=O) groups is 11. The van der Waals surface area contributed by atoms with Crippen molar-refractivity contribution < 1.29 is 83.4 Å². The summed E-state index contributed by atoms with van der Waals surface area (Å²) in [5.41, 5.74) is 6.56. The molecule has 0 heterocycles. The third kappa shape index (κ3) is 20.6. The number of amides is 8. The smallest absolute Gasteiger partial charge is 0.328 e. The van der Waals surface area contributed by atoms with E-state index in [4.69, 9.17) is 15.9 Å². The topological polar surface area (TPSA) is 431 Å². The fourth-order valence-corrected chi connectivity index (χ4v) is 6.66. The number of phenolic OH excluding ortho intramolecular Hbond substituents is 2. The number of rotatable bonds is 29. The highest BCUT2D eigenvalue weighted by molar-refractivity contribution is 5.98. The third-order valence-corrected chi connectivity index (χ3v) is 10.8. The molecule has 0 aliphatic heterocycles. The molecule has 26 heteroatoms. The van der Waals surface area contributed by atoms with E-state index in [1.165, 1.54) is 55.5 Å². The Labute approximate surface area is 413 Å². The van der Waals surface area contributed by atoms with Gasteiger partial charge in [-0.15, -0.1) is 0 Å². The molecule has 0 unspecified atom stereocenters. The number of phenols is 2. The van der Waals surface area contributed by atoms with Crippen LogP contribution in [0.25, 0.3) is 0 Å². The summed E-state index contributed by atoms with van der Waals surface area (Å²) in [6.07, 6.45) is -3.89. The van der Waals surface area contributed by atoms with Crippen molar-refractivity contribution in [1.29, 1.82) is 0 Å². The van der Waals surface area contributed by atoms with Crippen molar-refractivity contribution >= 4 is 65.2 Å². The molecule has 0 saturated heterocycles. The maximum atomic E-state index is 14.2. The van der Waals surface area contributed by atoms with Crippen LogP contribution in [0.3, 0.4) is 0 Å². The largest absolute Gasteiger partial charge is 0.508 e. The van der Waals surface area contributed by atoms with Crippen LogP contribution in [-0.4, -0.2) is 157 Å². The van der Waals surface area contributed by atoms with Crippen molar-refractivity contribution in [2.24, 2.45) is 17.6 Å². The van der Waals surface area contributed by atoms with Gasteiger partial charge in [0, 0.05) is 19.3 Å². The van der Waals surface area contributed by atoms with Crippen LogP contribution in [0.1, 0.15) is 71.9 Å². The summed E-state index contributed by atoms with van der Waals surface area (Å²) in [6.45, 7) is 7.76. The Kier molecular flexibility index (Phi) is 24.0. The molecule has 2 aromatic carbocycles. The van der Waals surface area contributed by atoms with Crippen LogP contribution >= 0.6 is 0 Å². The minimum absolute atomic E-state index is 0.103. The molecule has 26 nitrogen and oxygen atoms in total. The lowest BCUT2D eigenvalue weighted by molar-refractivity contribution is -0.145. The minimum atomic E-state index is -1.80. The van der Waals surface area contributed by atoms with Gasteiger partial charge in [-0.2, -0.15) is 0 Å². The van der Waals surface area contributed by atoms with Crippen LogP contribution in [0.5, 0.6) is 11.5 Å². The molecule has 0 aliphatic rings. The zero-order valence-electron chi connectivity index (χ0n) is 40.5. The summed E-state index contributed by atoms with van der Waals surface area (Å²) >= 11 is 0. The number of nitrogens with two attached hydrogens (primary N) is 1. The molecule has 396 valence electrons. The zero-order valence-corrected chi connectivity index (χ0v) is 40.5. The van der Waals surface area contributed by atoms with Crippen LogP contribution in [0, 0.1) is 11.8 Å². The summed E-state index contributed by atoms with van der Waals surface area (Å²) in [5, 5.41) is 76.2. The van der Waals surface area contributed by atoms with Crippen LogP contribution in [0.2, 0.25) is 0 Å². The molecule has 2 aromatic rings. The molecule has 0 bridgehead atoms. The predicted molar refractivity (Wildman–Crippen MR) is 252 cm³/mol. The number of aromatic hydroxyl groups is 2. The Bertz CT molecular complexity index is 2260. The van der Waals surface area contributed by atoms with Crippen molar-refractivity contribution in [2.45, 2.75) is 128 Å². The van der Waals surface area contributed by atoms with E-state index in [1.807, 2.05) is 5.32 Å². The van der Waals surface area contributed by atoms with Gasteiger partial charge in [0.25, 0.3) is 0 Å². The minimum Gasteiger partial charge on any atom is -0.508 e. The van der Waals surface area contributed by atoms with Gasteiger partial charge in [0.15, 0.2) is 6.04 Å². The Morgan fingerprint density at radius 2 is 0.931 bits per heavy atom. The van der Waals surface area contributed by atoms with Crippen LogP contribution < -0.4 is 48.3 Å². The maximum absolute atomic E-state index is 14.2. The quantitative estimate of drug-likeness (QED) is 0.0383. The van der Waals surface area contributed by atoms with Gasteiger partial charge in [0.1, 0.15) is 47.8 Å². The molecule has 16 N–H and O–H groups in total. The molecule has 9 atom stereocenters. The van der Waals surface area contributed by atoms with Crippen molar-refractivity contribution in [1.82, 2.24) is 42.5 Å². The standard InChI is InChI=1S/C46H65N9O17/c1-21(2)36(44(69)49-23(5)39(64)50-30(15-16-34(60)61)42(67)55-38(24(6)56)46(71)72)53-33(59)20-48-41(66)31(17-25-7-11-27(57)12-8-25)51-43(68)32(18-26-9-13-28(58)14-10-26)52-45(70)37(22(3)4)54-40(65)29(47)19-35(62)63/h7-14,21-24,29-32,36-38,56-58H,15-20,47H2,1-6H3,(H,48,66)(H,49,69)(H,50,64)(H,51,68)(H,52,70)(H,53,59)(H,54,65)(H,55,67)(H,60,61)(H,62,63)(H,71,72)/t23-,24+,29-,30-,31-,32-,36-,37-,38-/m0/s1. The number of carboxylic acids is 3. The monoisotopic (exact) mass is 1020 g/mol. The Morgan fingerprint density at radius 1 is 0.500 bits per heavy atom. The fourth-order valence-electron chi connectivity index (χ4n) is 6.66. The van der Waals surface area contributed by atoms with Gasteiger partial charge in [-0.3, -0.25) is 47.9 Å². The number of benzene rings is 2. The molecule has 0 aromatic heterocycles. The maximum Gasteiger partial charge on any atom is 0.328 e. The van der Waals surface area contributed by atoms with E-state index in [2.05, 4.69) is 37.2 Å². The summed E-state index contributed by atoms with van der Waals surface area (Å²) in [4.78, 5) is 141. The van der Waals surface area contributed by atoms with Crippen molar-refractivity contribution in [3.8, 4) is 11.5 Å². The lowest BCUT2D eigenvalue weighted by Gasteiger charge is -2.27. The molecule has 0 spiro atoms. The molecular formula is C46H65N9O17. The van der Waals surface area contributed by atoms with E-state index in [-0.39, 0.29) is 24.3 Å². The normalized spacial score (nSPS) is 14.8. The van der Waals surface area contributed by atoms with E-state index in [9.17, 15) is 73.2 Å². The molecule has 0 aliphatic carbocycles. The summed E-state index contributed by atoms with van der Waals surface area (Å²) < 4.78 is 0. The number of carboxylic acid groups (broad SMARTS) is 3. The summed E-state index contributed by atoms with van der Waals surface area (Å²) in [6, 6.07) is -0.796. The highest BCUT2D eigenvalue weighted by atomic mass is 16.4. The highest BCUT2D eigenvalue weighted by Crippen LogP contribution is 2.15. The van der Waals surface area contributed by atoms with Gasteiger partial charge in [-0.25, -0.2) is 4.79 Å². The number of aliphatic hydroxyl groups is 1. The van der Waals surface area contributed by atoms with Gasteiger partial charge in [-0.05, 0) is 67.5 Å². The van der Waals surface area contributed by atoms with Gasteiger partial charge >= 0.3 is 17.9 Å². The second kappa shape index (κ2) is 28.7. The number of hydrogen-bond acceptors (Lipinski definition) is 15. The zero-order chi connectivity index (χ0) is 54.6. The third-order valence-electron chi connectivity index (χ3n) is 10.8. The van der Waals surface area contributed by atoms with Gasteiger partial charge in [-0.1, -0.05) is 52.0 Å². The van der Waals surface area contributed by atoms with E-state index in [0.29, 0.717) is 11.1 Å². The van der Waals surface area contributed by atoms with Gasteiger partial charge in [0.05, 0.1) is 25.1 Å². The first kappa shape index (κ1) is 60.3.